The number of ether oxygens (including phenoxy) is 1. The maximum Gasteiger partial charge on any atom is 0.309 e. The van der Waals surface area contributed by atoms with Crippen LogP contribution < -0.4 is 0 Å². The van der Waals surface area contributed by atoms with Crippen LogP contribution in [0.2, 0.25) is 0 Å². The molecular weight excluding hydrogens is 312 g/mol. The van der Waals surface area contributed by atoms with Crippen LogP contribution >= 0.6 is 0 Å². The van der Waals surface area contributed by atoms with Gasteiger partial charge in [-0.3, -0.25) is 9.59 Å². The molecule has 0 spiro atoms. The molecule has 0 aromatic rings. The van der Waals surface area contributed by atoms with Crippen LogP contribution in [0.1, 0.15) is 117 Å². The van der Waals surface area contributed by atoms with Crippen molar-refractivity contribution in [1.82, 2.24) is 0 Å². The molecule has 3 nitrogen and oxygen atoms in total. The molecule has 0 N–H and O–H groups in total. The van der Waals surface area contributed by atoms with E-state index in [0.29, 0.717) is 18.6 Å². The fourth-order valence-electron chi connectivity index (χ4n) is 3.66. The van der Waals surface area contributed by atoms with Gasteiger partial charge in [-0.25, -0.2) is 0 Å². The zero-order chi connectivity index (χ0) is 18.3. The van der Waals surface area contributed by atoms with Crippen LogP contribution in [-0.4, -0.2) is 17.9 Å². The number of rotatable bonds is 14. The number of ketones is 1. The third-order valence-corrected chi connectivity index (χ3v) is 5.42. The number of hydrogen-bond donors (Lipinski definition) is 0. The summed E-state index contributed by atoms with van der Waals surface area (Å²) in [6.45, 7) is 4.45. The number of carbonyl (C=O) groups excluding carboxylic acids is 2. The molecule has 0 aromatic heterocycles. The predicted molar refractivity (Wildman–Crippen MR) is 104 cm³/mol. The molecule has 1 atom stereocenters. The Morgan fingerprint density at radius 3 is 1.92 bits per heavy atom. The quantitative estimate of drug-likeness (QED) is 0.269. The van der Waals surface area contributed by atoms with Gasteiger partial charge in [0.05, 0.1) is 5.92 Å². The van der Waals surface area contributed by atoms with E-state index in [-0.39, 0.29) is 18.0 Å². The van der Waals surface area contributed by atoms with Crippen LogP contribution in [0.3, 0.4) is 0 Å². The summed E-state index contributed by atoms with van der Waals surface area (Å²) in [6, 6.07) is 0. The second kappa shape index (κ2) is 14.3. The van der Waals surface area contributed by atoms with Crippen LogP contribution in [0.5, 0.6) is 0 Å². The molecule has 1 fully saturated rings. The number of carbonyl (C=O) groups is 2. The Morgan fingerprint density at radius 2 is 1.36 bits per heavy atom. The van der Waals surface area contributed by atoms with Gasteiger partial charge in [0.1, 0.15) is 11.9 Å². The average molecular weight is 353 g/mol. The zero-order valence-corrected chi connectivity index (χ0v) is 16.7. The van der Waals surface area contributed by atoms with Crippen molar-refractivity contribution in [3.63, 3.8) is 0 Å². The van der Waals surface area contributed by atoms with Crippen molar-refractivity contribution in [2.24, 2.45) is 5.92 Å². The van der Waals surface area contributed by atoms with Crippen LogP contribution in [0.25, 0.3) is 0 Å². The van der Waals surface area contributed by atoms with Crippen molar-refractivity contribution in [3.05, 3.63) is 0 Å². The molecular formula is C22H40O3. The average Bonchev–Trinajstić information content (AvgIpc) is 2.61. The van der Waals surface area contributed by atoms with Crippen molar-refractivity contribution in [3.8, 4) is 0 Å². The summed E-state index contributed by atoms with van der Waals surface area (Å²) in [4.78, 5) is 24.0. The fourth-order valence-corrected chi connectivity index (χ4v) is 3.66. The molecule has 1 rings (SSSR count). The first-order valence-electron chi connectivity index (χ1n) is 10.9. The standard InChI is InChI=1S/C22H40O3/c1-3-5-7-9-10-12-14-19(13-11-8-6-4-2)22(24)25-21-17-15-20(23)16-18-21/h19,21H,3-18H2,1-2H3. The molecule has 0 radical (unpaired) electrons. The van der Waals surface area contributed by atoms with Gasteiger partial charge in [-0.1, -0.05) is 78.1 Å². The minimum absolute atomic E-state index is 0.00408. The smallest absolute Gasteiger partial charge is 0.309 e. The number of unbranched alkanes of at least 4 members (excludes halogenated alkanes) is 8. The van der Waals surface area contributed by atoms with Gasteiger partial charge in [-0.05, 0) is 25.7 Å². The molecule has 25 heavy (non-hydrogen) atoms. The molecule has 1 unspecified atom stereocenters. The maximum absolute atomic E-state index is 12.6. The van der Waals surface area contributed by atoms with E-state index in [1.54, 1.807) is 0 Å². The third-order valence-electron chi connectivity index (χ3n) is 5.42. The highest BCUT2D eigenvalue weighted by Crippen LogP contribution is 2.24. The van der Waals surface area contributed by atoms with Crippen LogP contribution in [0, 0.1) is 5.92 Å². The van der Waals surface area contributed by atoms with Gasteiger partial charge in [-0.15, -0.1) is 0 Å². The highest BCUT2D eigenvalue weighted by molar-refractivity contribution is 5.79. The van der Waals surface area contributed by atoms with Crippen LogP contribution in [-0.2, 0) is 14.3 Å². The Labute approximate surface area is 155 Å². The van der Waals surface area contributed by atoms with Crippen LogP contribution in [0.4, 0.5) is 0 Å². The second-order valence-electron chi connectivity index (χ2n) is 7.78. The third kappa shape index (κ3) is 10.7. The Kier molecular flexibility index (Phi) is 12.7. The number of esters is 1. The Balaban J connectivity index is 2.33. The van der Waals surface area contributed by atoms with Crippen molar-refractivity contribution < 1.29 is 14.3 Å². The lowest BCUT2D eigenvalue weighted by molar-refractivity contribution is -0.157. The van der Waals surface area contributed by atoms with Crippen molar-refractivity contribution in [1.29, 1.82) is 0 Å². The van der Waals surface area contributed by atoms with Gasteiger partial charge < -0.3 is 4.74 Å². The summed E-state index contributed by atoms with van der Waals surface area (Å²) >= 11 is 0. The van der Waals surface area contributed by atoms with Gasteiger partial charge in [-0.2, -0.15) is 0 Å². The molecule has 0 aliphatic heterocycles. The molecule has 0 bridgehead atoms. The lowest BCUT2D eigenvalue weighted by atomic mass is 9.93. The van der Waals surface area contributed by atoms with E-state index in [4.69, 9.17) is 4.74 Å². The Bertz CT molecular complexity index is 354. The molecule has 146 valence electrons. The summed E-state index contributed by atoms with van der Waals surface area (Å²) in [5, 5.41) is 0. The Hall–Kier alpha value is -0.860. The molecule has 1 saturated carbocycles. The molecule has 0 aromatic carbocycles. The first kappa shape index (κ1) is 22.2. The van der Waals surface area contributed by atoms with E-state index >= 15 is 0 Å². The highest BCUT2D eigenvalue weighted by atomic mass is 16.5. The number of hydrogen-bond acceptors (Lipinski definition) is 3. The molecule has 1 aliphatic rings. The van der Waals surface area contributed by atoms with E-state index in [0.717, 1.165) is 38.5 Å². The topological polar surface area (TPSA) is 43.4 Å². The van der Waals surface area contributed by atoms with Gasteiger partial charge >= 0.3 is 5.97 Å². The van der Waals surface area contributed by atoms with E-state index in [1.807, 2.05) is 0 Å². The lowest BCUT2D eigenvalue weighted by Crippen LogP contribution is -2.28. The monoisotopic (exact) mass is 352 g/mol. The van der Waals surface area contributed by atoms with Gasteiger partial charge in [0.15, 0.2) is 0 Å². The zero-order valence-electron chi connectivity index (χ0n) is 16.7. The second-order valence-corrected chi connectivity index (χ2v) is 7.78. The van der Waals surface area contributed by atoms with Crippen molar-refractivity contribution in [2.75, 3.05) is 0 Å². The molecule has 0 saturated heterocycles. The Morgan fingerprint density at radius 1 is 0.880 bits per heavy atom. The molecule has 0 heterocycles. The lowest BCUT2D eigenvalue weighted by Gasteiger charge is -2.24. The van der Waals surface area contributed by atoms with E-state index in [9.17, 15) is 9.59 Å². The van der Waals surface area contributed by atoms with Crippen molar-refractivity contribution >= 4 is 11.8 Å². The first-order chi connectivity index (χ1) is 12.2. The molecule has 3 heteroatoms. The van der Waals surface area contributed by atoms with E-state index in [1.165, 1.54) is 51.4 Å². The largest absolute Gasteiger partial charge is 0.462 e. The van der Waals surface area contributed by atoms with Crippen molar-refractivity contribution in [2.45, 2.75) is 123 Å². The summed E-state index contributed by atoms with van der Waals surface area (Å²) in [5.74, 6) is 0.389. The minimum atomic E-state index is -0.0205. The predicted octanol–water partition coefficient (Wildman–Crippen LogP) is 6.38. The SMILES string of the molecule is CCCCCCCCC(CCCCCC)C(=O)OC1CCC(=O)CC1. The minimum Gasteiger partial charge on any atom is -0.462 e. The van der Waals surface area contributed by atoms with E-state index in [2.05, 4.69) is 13.8 Å². The summed E-state index contributed by atoms with van der Waals surface area (Å²) in [6.07, 6.45) is 16.9. The normalized spacial score (nSPS) is 16.8. The van der Waals surface area contributed by atoms with Gasteiger partial charge in [0.25, 0.3) is 0 Å². The summed E-state index contributed by atoms with van der Waals surface area (Å²) in [5.41, 5.74) is 0. The summed E-state index contributed by atoms with van der Waals surface area (Å²) < 4.78 is 5.76. The summed E-state index contributed by atoms with van der Waals surface area (Å²) in [7, 11) is 0. The first-order valence-corrected chi connectivity index (χ1v) is 10.9. The van der Waals surface area contributed by atoms with E-state index < -0.39 is 0 Å². The van der Waals surface area contributed by atoms with Crippen LogP contribution in [0.15, 0.2) is 0 Å². The molecule has 0 amide bonds. The maximum atomic E-state index is 12.6. The van der Waals surface area contributed by atoms with Gasteiger partial charge in [0.2, 0.25) is 0 Å². The highest BCUT2D eigenvalue weighted by Gasteiger charge is 2.26. The van der Waals surface area contributed by atoms with Gasteiger partial charge in [0, 0.05) is 12.8 Å². The molecule has 1 aliphatic carbocycles. The fraction of sp³-hybridized carbons (Fsp3) is 0.909. The number of Topliss-reactive ketones (excluding diaryl/α,β-unsaturated/α-hetero) is 1.